The minimum Gasteiger partial charge on any atom is -0.392 e. The Balaban J connectivity index is 2.26. The fraction of sp³-hybridized carbons (Fsp3) is 0.556. The van der Waals surface area contributed by atoms with Crippen LogP contribution >= 0.6 is 0 Å². The van der Waals surface area contributed by atoms with Gasteiger partial charge in [-0.1, -0.05) is 97.7 Å². The van der Waals surface area contributed by atoms with E-state index in [4.69, 9.17) is 0 Å². The van der Waals surface area contributed by atoms with E-state index in [1.807, 2.05) is 6.92 Å². The van der Waals surface area contributed by atoms with E-state index >= 15 is 0 Å². The van der Waals surface area contributed by atoms with E-state index < -0.39 is 0 Å². The summed E-state index contributed by atoms with van der Waals surface area (Å²) in [7, 11) is 0. The van der Waals surface area contributed by atoms with Crippen LogP contribution < -0.4 is 0 Å². The van der Waals surface area contributed by atoms with Crippen LogP contribution in [0.1, 0.15) is 112 Å². The number of unbranched alkanes of at least 4 members (excludes halogenated alkanes) is 2. The van der Waals surface area contributed by atoms with Gasteiger partial charge in [0.2, 0.25) is 0 Å². The third-order valence-corrected chi connectivity index (χ3v) is 7.80. The summed E-state index contributed by atoms with van der Waals surface area (Å²) in [6, 6.07) is 14.4. The minimum absolute atomic E-state index is 0.0136. The van der Waals surface area contributed by atoms with Crippen molar-refractivity contribution in [2.75, 3.05) is 6.61 Å². The Morgan fingerprint density at radius 1 is 0.868 bits per heavy atom. The zero-order chi connectivity index (χ0) is 28.1. The molecule has 0 amide bonds. The highest BCUT2D eigenvalue weighted by Crippen LogP contribution is 2.42. The van der Waals surface area contributed by atoms with Crippen molar-refractivity contribution >= 4 is 21.8 Å². The van der Waals surface area contributed by atoms with Crippen LogP contribution in [0.15, 0.2) is 59.7 Å². The van der Waals surface area contributed by atoms with Crippen molar-refractivity contribution < 1.29 is 5.11 Å². The lowest BCUT2D eigenvalue weighted by Gasteiger charge is -2.35. The zero-order valence-electron chi connectivity index (χ0n) is 25.7. The maximum Gasteiger partial charge on any atom is 0.0642 e. The Hall–Kier alpha value is -2.32. The molecule has 0 bridgehead atoms. The summed E-state index contributed by atoms with van der Waals surface area (Å²) in [5.74, 6) is 0. The van der Waals surface area contributed by atoms with E-state index in [-0.39, 0.29) is 23.5 Å². The lowest BCUT2D eigenvalue weighted by molar-refractivity contribution is 0.252. The Morgan fingerprint density at radius 3 is 1.79 bits per heavy atom. The lowest BCUT2D eigenvalue weighted by Crippen LogP contribution is -2.23. The van der Waals surface area contributed by atoms with Crippen LogP contribution in [0, 0.1) is 10.8 Å². The highest BCUT2D eigenvalue weighted by atomic mass is 16.3. The van der Waals surface area contributed by atoms with Gasteiger partial charge in [0.05, 0.1) is 6.61 Å². The molecule has 3 aromatic rings. The number of hydrogen-bond acceptors (Lipinski definition) is 1. The van der Waals surface area contributed by atoms with E-state index in [1.165, 1.54) is 64.2 Å². The quantitative estimate of drug-likeness (QED) is 0.238. The van der Waals surface area contributed by atoms with Crippen molar-refractivity contribution in [1.82, 2.24) is 4.57 Å². The van der Waals surface area contributed by atoms with Crippen molar-refractivity contribution in [3.05, 3.63) is 70.8 Å². The number of fused-ring (bicyclic) bond motifs is 3. The van der Waals surface area contributed by atoms with Crippen LogP contribution in [-0.4, -0.2) is 16.3 Å². The number of benzene rings is 2. The number of aryl methyl sites for hydroxylation is 2. The first-order valence-electron chi connectivity index (χ1n) is 15.0. The van der Waals surface area contributed by atoms with Crippen LogP contribution in [0.2, 0.25) is 0 Å². The first-order chi connectivity index (χ1) is 17.9. The molecule has 38 heavy (non-hydrogen) atoms. The summed E-state index contributed by atoms with van der Waals surface area (Å²) < 4.78 is 2.57. The van der Waals surface area contributed by atoms with Crippen LogP contribution in [0.3, 0.4) is 0 Å². The Morgan fingerprint density at radius 2 is 1.37 bits per heavy atom. The van der Waals surface area contributed by atoms with Gasteiger partial charge in [-0.05, 0) is 91.2 Å². The van der Waals surface area contributed by atoms with Gasteiger partial charge in [0.1, 0.15) is 0 Å². The average molecular weight is 516 g/mol. The lowest BCUT2D eigenvalue weighted by atomic mass is 9.71. The third kappa shape index (κ3) is 7.41. The second-order valence-electron chi connectivity index (χ2n) is 13.4. The largest absolute Gasteiger partial charge is 0.392 e. The molecule has 1 unspecified atom stereocenters. The topological polar surface area (TPSA) is 25.2 Å². The Kier molecular flexibility index (Phi) is 10.1. The van der Waals surface area contributed by atoms with Gasteiger partial charge in [-0.2, -0.15) is 0 Å². The number of aliphatic hydroxyl groups is 1. The number of nitrogens with zero attached hydrogens (tertiary/aromatic N) is 1. The molecule has 0 aliphatic carbocycles. The fourth-order valence-corrected chi connectivity index (χ4v) is 6.19. The molecule has 0 spiro atoms. The smallest absolute Gasteiger partial charge is 0.0642 e. The molecule has 0 aliphatic heterocycles. The first-order valence-corrected chi connectivity index (χ1v) is 15.0. The highest BCUT2D eigenvalue weighted by molar-refractivity contribution is 6.08. The van der Waals surface area contributed by atoms with E-state index in [2.05, 4.69) is 109 Å². The van der Waals surface area contributed by atoms with Crippen LogP contribution in [0.5, 0.6) is 0 Å². The molecule has 2 aromatic carbocycles. The summed E-state index contributed by atoms with van der Waals surface area (Å²) in [5.41, 5.74) is 8.04. The van der Waals surface area contributed by atoms with Gasteiger partial charge in [0.25, 0.3) is 0 Å². The average Bonchev–Trinajstić information content (AvgIpc) is 3.17. The van der Waals surface area contributed by atoms with Crippen molar-refractivity contribution in [1.29, 1.82) is 0 Å². The zero-order valence-corrected chi connectivity index (χ0v) is 25.7. The van der Waals surface area contributed by atoms with Crippen molar-refractivity contribution in [2.24, 2.45) is 10.8 Å². The second-order valence-corrected chi connectivity index (χ2v) is 13.4. The monoisotopic (exact) mass is 515 g/mol. The standard InChI is InChI=1S/C36H53NO/c1-10-12-14-28-16-18-31-32-19-17-29(15-13-11-2)23-34(32)37(33(31)22-28)27(4)21-30(20-26(3)24-38)36(8,9)25-35(5,6)7/h16-23,27,38H,10-15,24-25H2,1-9H3/b26-20-,30-21+. The molecule has 2 heteroatoms. The second kappa shape index (κ2) is 12.7. The van der Waals surface area contributed by atoms with Gasteiger partial charge >= 0.3 is 0 Å². The molecule has 0 saturated carbocycles. The molecule has 0 fully saturated rings. The van der Waals surface area contributed by atoms with Crippen LogP contribution in [0.4, 0.5) is 0 Å². The van der Waals surface area contributed by atoms with Crippen molar-refractivity contribution in [2.45, 2.75) is 113 Å². The summed E-state index contributed by atoms with van der Waals surface area (Å²) in [5, 5.41) is 12.6. The molecule has 3 rings (SSSR count). The number of aliphatic hydroxyl groups excluding tert-OH is 1. The van der Waals surface area contributed by atoms with E-state index in [9.17, 15) is 5.11 Å². The summed E-state index contributed by atoms with van der Waals surface area (Å²) in [4.78, 5) is 0. The first kappa shape index (κ1) is 30.2. The van der Waals surface area contributed by atoms with E-state index in [0.717, 1.165) is 24.8 Å². The van der Waals surface area contributed by atoms with Gasteiger partial charge in [-0.3, -0.25) is 0 Å². The number of rotatable bonds is 12. The molecular formula is C36H53NO. The summed E-state index contributed by atoms with van der Waals surface area (Å²) >= 11 is 0. The minimum atomic E-state index is -0.0136. The maximum atomic E-state index is 9.88. The highest BCUT2D eigenvalue weighted by Gasteiger charge is 2.29. The molecular weight excluding hydrogens is 462 g/mol. The molecule has 1 atom stereocenters. The van der Waals surface area contributed by atoms with E-state index in [0.29, 0.717) is 0 Å². The Bertz CT molecular complexity index is 1210. The summed E-state index contributed by atoms with van der Waals surface area (Å²) in [6.45, 7) is 20.7. The van der Waals surface area contributed by atoms with Gasteiger partial charge in [0, 0.05) is 27.8 Å². The molecule has 0 saturated heterocycles. The van der Waals surface area contributed by atoms with E-state index in [1.54, 1.807) is 0 Å². The number of allylic oxidation sites excluding steroid dienone is 3. The molecule has 0 aliphatic rings. The van der Waals surface area contributed by atoms with Gasteiger partial charge in [-0.25, -0.2) is 0 Å². The van der Waals surface area contributed by atoms with Gasteiger partial charge in [0.15, 0.2) is 0 Å². The molecule has 208 valence electrons. The predicted octanol–water partition coefficient (Wildman–Crippen LogP) is 10.4. The van der Waals surface area contributed by atoms with Crippen molar-refractivity contribution in [3.8, 4) is 0 Å². The normalized spacial score (nSPS) is 14.6. The van der Waals surface area contributed by atoms with Gasteiger partial charge in [-0.15, -0.1) is 0 Å². The fourth-order valence-electron chi connectivity index (χ4n) is 6.19. The molecule has 1 N–H and O–H groups in total. The molecule has 1 aromatic heterocycles. The SMILES string of the molecule is CCCCc1ccc2c3ccc(CCCC)cc3n(C(C)/C=C(\C=C(\C)CO)C(C)(C)CC(C)(C)C)c2c1. The molecule has 0 radical (unpaired) electrons. The Labute approximate surface area is 232 Å². The van der Waals surface area contributed by atoms with Crippen LogP contribution in [0.25, 0.3) is 21.8 Å². The van der Waals surface area contributed by atoms with Crippen LogP contribution in [-0.2, 0) is 12.8 Å². The molecule has 2 nitrogen and oxygen atoms in total. The van der Waals surface area contributed by atoms with Gasteiger partial charge < -0.3 is 9.67 Å². The third-order valence-electron chi connectivity index (χ3n) is 7.80. The van der Waals surface area contributed by atoms with Crippen molar-refractivity contribution in [3.63, 3.8) is 0 Å². The predicted molar refractivity (Wildman–Crippen MR) is 168 cm³/mol. The number of hydrogen-bond donors (Lipinski definition) is 1. The molecule has 1 heterocycles. The number of aromatic nitrogens is 1. The summed E-state index contributed by atoms with van der Waals surface area (Å²) in [6.07, 6.45) is 12.9. The maximum absolute atomic E-state index is 9.88.